The number of anilines is 1. The van der Waals surface area contributed by atoms with Gasteiger partial charge >= 0.3 is 0 Å². The fraction of sp³-hybridized carbons (Fsp3) is 0.385. The van der Waals surface area contributed by atoms with Crippen molar-refractivity contribution in [1.29, 1.82) is 0 Å². The van der Waals surface area contributed by atoms with Crippen LogP contribution in [0.5, 0.6) is 0 Å². The zero-order valence-corrected chi connectivity index (χ0v) is 11.3. The summed E-state index contributed by atoms with van der Waals surface area (Å²) in [6.07, 6.45) is 3.44. The van der Waals surface area contributed by atoms with Crippen molar-refractivity contribution in [3.63, 3.8) is 0 Å². The van der Waals surface area contributed by atoms with Gasteiger partial charge in [-0.3, -0.25) is 0 Å². The molecule has 0 amide bonds. The number of rotatable bonds is 5. The molecule has 1 aromatic rings. The van der Waals surface area contributed by atoms with Crippen molar-refractivity contribution in [2.24, 2.45) is 0 Å². The second-order valence-corrected chi connectivity index (χ2v) is 6.49. The summed E-state index contributed by atoms with van der Waals surface area (Å²) < 4.78 is 26.6. The minimum Gasteiger partial charge on any atom is -0.398 e. The van der Waals surface area contributed by atoms with Gasteiger partial charge in [0.15, 0.2) is 0 Å². The van der Waals surface area contributed by atoms with Crippen molar-refractivity contribution in [1.82, 2.24) is 4.31 Å². The number of nitrogens with two attached hydrogens (primary N) is 1. The van der Waals surface area contributed by atoms with Crippen molar-refractivity contribution < 1.29 is 8.42 Å². The molecule has 0 atom stereocenters. The molecule has 5 heteroatoms. The Morgan fingerprint density at radius 2 is 2.17 bits per heavy atom. The van der Waals surface area contributed by atoms with Crippen LogP contribution in [0, 0.1) is 6.92 Å². The average Bonchev–Trinajstić information content (AvgIpc) is 3.08. The van der Waals surface area contributed by atoms with Crippen molar-refractivity contribution >= 4 is 15.7 Å². The maximum Gasteiger partial charge on any atom is 0.245 e. The van der Waals surface area contributed by atoms with Gasteiger partial charge in [0, 0.05) is 12.6 Å². The second kappa shape index (κ2) is 4.74. The minimum absolute atomic E-state index is 0.105. The molecule has 2 N–H and O–H groups in total. The third-order valence-corrected chi connectivity index (χ3v) is 5.01. The summed E-state index contributed by atoms with van der Waals surface area (Å²) in [5.41, 5.74) is 7.09. The second-order valence-electron chi connectivity index (χ2n) is 4.64. The van der Waals surface area contributed by atoms with E-state index in [4.69, 9.17) is 5.73 Å². The van der Waals surface area contributed by atoms with E-state index in [0.717, 1.165) is 18.4 Å². The van der Waals surface area contributed by atoms with Crippen LogP contribution in [0.2, 0.25) is 0 Å². The van der Waals surface area contributed by atoms with Gasteiger partial charge in [-0.2, -0.15) is 4.31 Å². The number of hydrogen-bond donors (Lipinski definition) is 1. The molecule has 1 aliphatic carbocycles. The van der Waals surface area contributed by atoms with Crippen molar-refractivity contribution in [3.8, 4) is 0 Å². The molecule has 4 nitrogen and oxygen atoms in total. The van der Waals surface area contributed by atoms with Crippen LogP contribution in [-0.2, 0) is 10.0 Å². The molecule has 0 saturated heterocycles. The Hall–Kier alpha value is -1.33. The molecule has 0 aromatic heterocycles. The number of nitrogens with zero attached hydrogens (tertiary/aromatic N) is 1. The molecule has 0 spiro atoms. The van der Waals surface area contributed by atoms with Crippen LogP contribution in [-0.4, -0.2) is 25.3 Å². The molecule has 0 heterocycles. The molecule has 0 unspecified atom stereocenters. The van der Waals surface area contributed by atoms with Crippen LogP contribution in [0.1, 0.15) is 18.4 Å². The lowest BCUT2D eigenvalue weighted by atomic mass is 10.2. The summed E-state index contributed by atoms with van der Waals surface area (Å²) in [4.78, 5) is 0.196. The highest BCUT2D eigenvalue weighted by Gasteiger charge is 2.37. The lowest BCUT2D eigenvalue weighted by molar-refractivity contribution is 0.436. The monoisotopic (exact) mass is 266 g/mol. The maximum atomic E-state index is 12.5. The first-order valence-corrected chi connectivity index (χ1v) is 7.39. The van der Waals surface area contributed by atoms with E-state index in [2.05, 4.69) is 6.58 Å². The van der Waals surface area contributed by atoms with E-state index in [9.17, 15) is 8.42 Å². The van der Waals surface area contributed by atoms with Crippen LogP contribution in [0.3, 0.4) is 0 Å². The Bertz CT molecular complexity index is 562. The van der Waals surface area contributed by atoms with E-state index in [0.29, 0.717) is 12.2 Å². The fourth-order valence-corrected chi connectivity index (χ4v) is 3.72. The number of nitrogen functional groups attached to an aromatic ring is 1. The molecule has 0 bridgehead atoms. The van der Waals surface area contributed by atoms with Gasteiger partial charge < -0.3 is 5.73 Å². The van der Waals surface area contributed by atoms with Gasteiger partial charge in [-0.15, -0.1) is 6.58 Å². The van der Waals surface area contributed by atoms with E-state index in [1.165, 1.54) is 4.31 Å². The van der Waals surface area contributed by atoms with Gasteiger partial charge in [0.25, 0.3) is 0 Å². The first kappa shape index (κ1) is 13.1. The number of benzene rings is 1. The molecular weight excluding hydrogens is 248 g/mol. The van der Waals surface area contributed by atoms with Crippen LogP contribution in [0.25, 0.3) is 0 Å². The Kier molecular flexibility index (Phi) is 3.45. The normalized spacial score (nSPS) is 15.9. The van der Waals surface area contributed by atoms with Crippen LogP contribution in [0.15, 0.2) is 35.7 Å². The third-order valence-electron chi connectivity index (χ3n) is 3.02. The molecule has 18 heavy (non-hydrogen) atoms. The quantitative estimate of drug-likeness (QED) is 0.654. The van der Waals surface area contributed by atoms with E-state index >= 15 is 0 Å². The number of sulfonamides is 1. The van der Waals surface area contributed by atoms with E-state index in [1.807, 2.05) is 6.92 Å². The van der Waals surface area contributed by atoms with E-state index in [-0.39, 0.29) is 10.9 Å². The number of aryl methyl sites for hydroxylation is 1. The smallest absolute Gasteiger partial charge is 0.245 e. The topological polar surface area (TPSA) is 63.4 Å². The summed E-state index contributed by atoms with van der Waals surface area (Å²) in [6.45, 7) is 5.83. The van der Waals surface area contributed by atoms with E-state index < -0.39 is 10.0 Å². The first-order chi connectivity index (χ1) is 8.46. The first-order valence-electron chi connectivity index (χ1n) is 5.95. The summed E-state index contributed by atoms with van der Waals surface area (Å²) in [5.74, 6) is 0. The van der Waals surface area contributed by atoms with Crippen molar-refractivity contribution in [2.75, 3.05) is 12.3 Å². The molecule has 1 fully saturated rings. The minimum atomic E-state index is -3.51. The van der Waals surface area contributed by atoms with Gasteiger partial charge in [-0.1, -0.05) is 12.1 Å². The third kappa shape index (κ3) is 2.42. The van der Waals surface area contributed by atoms with E-state index in [1.54, 1.807) is 24.3 Å². The molecule has 0 aliphatic heterocycles. The highest BCUT2D eigenvalue weighted by Crippen LogP contribution is 2.33. The fourth-order valence-electron chi connectivity index (χ4n) is 1.96. The Labute approximate surface area is 108 Å². The van der Waals surface area contributed by atoms with Crippen molar-refractivity contribution in [2.45, 2.75) is 30.7 Å². The zero-order chi connectivity index (χ0) is 13.3. The molecule has 98 valence electrons. The molecule has 2 rings (SSSR count). The highest BCUT2D eigenvalue weighted by molar-refractivity contribution is 7.89. The summed E-state index contributed by atoms with van der Waals surface area (Å²) in [7, 11) is -3.51. The van der Waals surface area contributed by atoms with Crippen molar-refractivity contribution in [3.05, 3.63) is 36.4 Å². The maximum absolute atomic E-state index is 12.5. The van der Waals surface area contributed by atoms with Gasteiger partial charge in [-0.05, 0) is 37.5 Å². The molecule has 1 saturated carbocycles. The predicted octanol–water partition coefficient (Wildman–Crippen LogP) is 1.92. The highest BCUT2D eigenvalue weighted by atomic mass is 32.2. The molecule has 1 aromatic carbocycles. The van der Waals surface area contributed by atoms with Crippen LogP contribution < -0.4 is 5.73 Å². The van der Waals surface area contributed by atoms with Gasteiger partial charge in [-0.25, -0.2) is 8.42 Å². The molecule has 1 aliphatic rings. The van der Waals surface area contributed by atoms with Gasteiger partial charge in [0.2, 0.25) is 10.0 Å². The zero-order valence-electron chi connectivity index (χ0n) is 10.5. The van der Waals surface area contributed by atoms with Gasteiger partial charge in [0.1, 0.15) is 4.90 Å². The largest absolute Gasteiger partial charge is 0.398 e. The Morgan fingerprint density at radius 3 is 2.67 bits per heavy atom. The van der Waals surface area contributed by atoms with Gasteiger partial charge in [0.05, 0.1) is 5.69 Å². The molecule has 0 radical (unpaired) electrons. The summed E-state index contributed by atoms with van der Waals surface area (Å²) >= 11 is 0. The SMILES string of the molecule is C=CCN(C1CC1)S(=O)(=O)c1ccc(C)cc1N. The lowest BCUT2D eigenvalue weighted by Crippen LogP contribution is -2.33. The summed E-state index contributed by atoms with van der Waals surface area (Å²) in [5, 5.41) is 0. The Morgan fingerprint density at radius 1 is 1.50 bits per heavy atom. The Balaban J connectivity index is 2.42. The standard InChI is InChI=1S/C13H18N2O2S/c1-3-8-15(11-5-6-11)18(16,17)13-7-4-10(2)9-12(13)14/h3-4,7,9,11H,1,5-6,8,14H2,2H3. The van der Waals surface area contributed by atoms with Crippen LogP contribution in [0.4, 0.5) is 5.69 Å². The predicted molar refractivity (Wildman–Crippen MR) is 72.7 cm³/mol. The van der Waals surface area contributed by atoms with Crippen LogP contribution >= 0.6 is 0 Å². The summed E-state index contributed by atoms with van der Waals surface area (Å²) in [6, 6.07) is 5.14. The number of hydrogen-bond acceptors (Lipinski definition) is 3. The average molecular weight is 266 g/mol. The lowest BCUT2D eigenvalue weighted by Gasteiger charge is -2.21. The molecular formula is C13H18N2O2S.